The van der Waals surface area contributed by atoms with E-state index in [2.05, 4.69) is 21.3 Å². The molecule has 2 fully saturated rings. The number of benzene rings is 1. The van der Waals surface area contributed by atoms with Crippen LogP contribution in [0.15, 0.2) is 18.2 Å². The first kappa shape index (κ1) is 16.3. The molecule has 0 spiro atoms. The molecule has 1 aromatic heterocycles. The number of imidazole rings is 1. The van der Waals surface area contributed by atoms with Gasteiger partial charge in [0.15, 0.2) is 0 Å². The molecule has 2 bridgehead atoms. The van der Waals surface area contributed by atoms with E-state index >= 15 is 0 Å². The molecule has 2 atom stereocenters. The first-order valence-electron chi connectivity index (χ1n) is 10.3. The molecule has 0 radical (unpaired) electrons. The summed E-state index contributed by atoms with van der Waals surface area (Å²) < 4.78 is 2.36. The van der Waals surface area contributed by atoms with Crippen LogP contribution in [0.2, 0.25) is 0 Å². The van der Waals surface area contributed by atoms with Crippen molar-refractivity contribution in [3.8, 4) is 0 Å². The zero-order valence-electron chi connectivity index (χ0n) is 15.3. The third kappa shape index (κ3) is 3.13. The largest absolute Gasteiger partial charge is 0.328 e. The van der Waals surface area contributed by atoms with Crippen LogP contribution in [0.5, 0.6) is 0 Å². The number of rotatable bonds is 3. The van der Waals surface area contributed by atoms with Crippen LogP contribution in [0.4, 0.5) is 5.69 Å². The van der Waals surface area contributed by atoms with Crippen molar-refractivity contribution in [1.82, 2.24) is 14.9 Å². The minimum Gasteiger partial charge on any atom is -0.328 e. The molecule has 2 aromatic rings. The molecular weight excluding hydrogens is 324 g/mol. The van der Waals surface area contributed by atoms with Gasteiger partial charge in [-0.25, -0.2) is 4.98 Å². The van der Waals surface area contributed by atoms with E-state index in [1.165, 1.54) is 43.4 Å². The number of hydrogen-bond acceptors (Lipinski definition) is 3. The van der Waals surface area contributed by atoms with Crippen LogP contribution in [-0.4, -0.2) is 27.5 Å². The highest BCUT2D eigenvalue weighted by Crippen LogP contribution is 2.33. The molecule has 0 aliphatic carbocycles. The van der Waals surface area contributed by atoms with Gasteiger partial charge in [0.1, 0.15) is 5.82 Å². The normalized spacial score (nSPS) is 27.9. The van der Waals surface area contributed by atoms with Crippen molar-refractivity contribution in [3.05, 3.63) is 24.0 Å². The van der Waals surface area contributed by atoms with Gasteiger partial charge in [-0.3, -0.25) is 4.79 Å². The highest BCUT2D eigenvalue weighted by molar-refractivity contribution is 5.93. The summed E-state index contributed by atoms with van der Waals surface area (Å²) in [6, 6.07) is 7.48. The SMILES string of the molecule is O=C(CC1CC2CCC(C1)N2)Nc1ccc2c(c1)nc1n2CCCCC1. The second-order valence-electron chi connectivity index (χ2n) is 8.42. The average molecular weight is 352 g/mol. The molecule has 26 heavy (non-hydrogen) atoms. The number of piperidine rings is 1. The third-order valence-electron chi connectivity index (χ3n) is 6.44. The zero-order valence-corrected chi connectivity index (χ0v) is 15.3. The Bertz CT molecular complexity index is 815. The summed E-state index contributed by atoms with van der Waals surface area (Å²) in [5, 5.41) is 6.76. The van der Waals surface area contributed by atoms with Crippen LogP contribution in [0.3, 0.4) is 0 Å². The van der Waals surface area contributed by atoms with Crippen molar-refractivity contribution in [2.24, 2.45) is 5.92 Å². The van der Waals surface area contributed by atoms with Crippen molar-refractivity contribution in [1.29, 1.82) is 0 Å². The minimum absolute atomic E-state index is 0.149. The molecule has 3 aliphatic heterocycles. The quantitative estimate of drug-likeness (QED) is 0.887. The van der Waals surface area contributed by atoms with Gasteiger partial charge < -0.3 is 15.2 Å². The van der Waals surface area contributed by atoms with E-state index in [1.807, 2.05) is 12.1 Å². The van der Waals surface area contributed by atoms with Crippen molar-refractivity contribution >= 4 is 22.6 Å². The molecule has 0 saturated carbocycles. The molecule has 3 aliphatic rings. The van der Waals surface area contributed by atoms with E-state index in [4.69, 9.17) is 4.98 Å². The number of nitrogens with zero attached hydrogens (tertiary/aromatic N) is 2. The number of carbonyl (C=O) groups is 1. The standard InChI is InChI=1S/C21H28N4O/c26-21(12-14-10-15-5-6-16(11-14)22-15)23-17-7-8-19-18(13-17)24-20-4-2-1-3-9-25(19)20/h7-8,13-16,22H,1-6,9-12H2,(H,23,26). The highest BCUT2D eigenvalue weighted by atomic mass is 16.1. The maximum atomic E-state index is 12.5. The Kier molecular flexibility index (Phi) is 4.20. The Balaban J connectivity index is 1.28. The summed E-state index contributed by atoms with van der Waals surface area (Å²) in [4.78, 5) is 17.4. The molecule has 2 saturated heterocycles. The van der Waals surface area contributed by atoms with Gasteiger partial charge in [0.2, 0.25) is 5.91 Å². The van der Waals surface area contributed by atoms with Crippen LogP contribution >= 0.6 is 0 Å². The summed E-state index contributed by atoms with van der Waals surface area (Å²) in [5.41, 5.74) is 3.10. The first-order chi connectivity index (χ1) is 12.7. The topological polar surface area (TPSA) is 59.0 Å². The summed E-state index contributed by atoms with van der Waals surface area (Å²) >= 11 is 0. The van der Waals surface area contributed by atoms with Gasteiger partial charge in [-0.2, -0.15) is 0 Å². The Labute approximate surface area is 154 Å². The summed E-state index contributed by atoms with van der Waals surface area (Å²) in [6.07, 6.45) is 10.3. The fraction of sp³-hybridized carbons (Fsp3) is 0.619. The molecular formula is C21H28N4O. The zero-order chi connectivity index (χ0) is 17.5. The van der Waals surface area contributed by atoms with Gasteiger partial charge in [0.05, 0.1) is 11.0 Å². The fourth-order valence-electron chi connectivity index (χ4n) is 5.24. The number of hydrogen-bond donors (Lipinski definition) is 2. The lowest BCUT2D eigenvalue weighted by atomic mass is 9.89. The van der Waals surface area contributed by atoms with Crippen molar-refractivity contribution in [2.45, 2.75) is 76.4 Å². The number of aromatic nitrogens is 2. The van der Waals surface area contributed by atoms with Crippen LogP contribution in [0, 0.1) is 5.92 Å². The first-order valence-corrected chi connectivity index (χ1v) is 10.3. The molecule has 2 unspecified atom stereocenters. The molecule has 4 heterocycles. The fourth-order valence-corrected chi connectivity index (χ4v) is 5.24. The third-order valence-corrected chi connectivity index (χ3v) is 6.44. The van der Waals surface area contributed by atoms with Crippen LogP contribution in [0.1, 0.15) is 57.2 Å². The molecule has 138 valence electrons. The molecule has 2 N–H and O–H groups in total. The van der Waals surface area contributed by atoms with Crippen molar-refractivity contribution in [3.63, 3.8) is 0 Å². The summed E-state index contributed by atoms with van der Waals surface area (Å²) in [6.45, 7) is 1.07. The predicted octanol–water partition coefficient (Wildman–Crippen LogP) is 3.62. The number of carbonyl (C=O) groups excluding carboxylic acids is 1. The van der Waals surface area contributed by atoms with Crippen molar-refractivity contribution in [2.75, 3.05) is 5.32 Å². The Hall–Kier alpha value is -1.88. The van der Waals surface area contributed by atoms with Gasteiger partial charge in [-0.15, -0.1) is 0 Å². The Morgan fingerprint density at radius 2 is 2.04 bits per heavy atom. The number of amides is 1. The smallest absolute Gasteiger partial charge is 0.224 e. The Morgan fingerprint density at radius 1 is 1.19 bits per heavy atom. The maximum absolute atomic E-state index is 12.5. The van der Waals surface area contributed by atoms with Gasteiger partial charge in [0, 0.05) is 37.2 Å². The molecule has 5 heteroatoms. The van der Waals surface area contributed by atoms with E-state index in [0.717, 1.165) is 37.0 Å². The summed E-state index contributed by atoms with van der Waals surface area (Å²) in [5.74, 6) is 1.88. The monoisotopic (exact) mass is 352 g/mol. The van der Waals surface area contributed by atoms with Crippen LogP contribution in [0.25, 0.3) is 11.0 Å². The molecule has 5 rings (SSSR count). The van der Waals surface area contributed by atoms with Crippen LogP contribution in [-0.2, 0) is 17.8 Å². The molecule has 5 nitrogen and oxygen atoms in total. The van der Waals surface area contributed by atoms with Gasteiger partial charge in [-0.1, -0.05) is 6.42 Å². The maximum Gasteiger partial charge on any atom is 0.224 e. The van der Waals surface area contributed by atoms with Gasteiger partial charge in [0.25, 0.3) is 0 Å². The molecule has 1 aromatic carbocycles. The van der Waals surface area contributed by atoms with Gasteiger partial charge in [-0.05, 0) is 62.6 Å². The van der Waals surface area contributed by atoms with E-state index < -0.39 is 0 Å². The van der Waals surface area contributed by atoms with E-state index in [-0.39, 0.29) is 5.91 Å². The number of aryl methyl sites for hydroxylation is 2. The van der Waals surface area contributed by atoms with E-state index in [0.29, 0.717) is 24.4 Å². The van der Waals surface area contributed by atoms with Gasteiger partial charge >= 0.3 is 0 Å². The number of anilines is 1. The number of fused-ring (bicyclic) bond motifs is 5. The van der Waals surface area contributed by atoms with E-state index in [1.54, 1.807) is 0 Å². The second kappa shape index (κ2) is 6.69. The molecule has 1 amide bonds. The average Bonchev–Trinajstić information content (AvgIpc) is 3.04. The Morgan fingerprint density at radius 3 is 2.88 bits per heavy atom. The minimum atomic E-state index is 0.149. The predicted molar refractivity (Wildman–Crippen MR) is 103 cm³/mol. The number of nitrogens with one attached hydrogen (secondary N) is 2. The lowest BCUT2D eigenvalue weighted by molar-refractivity contribution is -0.117. The lowest BCUT2D eigenvalue weighted by Gasteiger charge is -2.28. The lowest BCUT2D eigenvalue weighted by Crippen LogP contribution is -2.39. The van der Waals surface area contributed by atoms with Crippen LogP contribution < -0.4 is 10.6 Å². The van der Waals surface area contributed by atoms with Crippen molar-refractivity contribution < 1.29 is 4.79 Å². The second-order valence-corrected chi connectivity index (χ2v) is 8.42. The summed E-state index contributed by atoms with van der Waals surface area (Å²) in [7, 11) is 0. The van der Waals surface area contributed by atoms with E-state index in [9.17, 15) is 4.79 Å². The highest BCUT2D eigenvalue weighted by Gasteiger charge is 2.34.